The molecule has 2 bridgehead atoms. The molecule has 0 radical (unpaired) electrons. The molecule has 13 heavy (non-hydrogen) atoms. The van der Waals surface area contributed by atoms with Crippen molar-refractivity contribution < 1.29 is 15.0 Å². The third kappa shape index (κ3) is 1.56. The fraction of sp³-hybridized carbons (Fsp3) is 0.889. The Bertz CT molecular complexity index is 231. The summed E-state index contributed by atoms with van der Waals surface area (Å²) in [6.07, 6.45) is 1.84. The zero-order valence-corrected chi connectivity index (χ0v) is 7.57. The first-order chi connectivity index (χ1) is 6.10. The molecule has 0 aromatic carbocycles. The lowest BCUT2D eigenvalue weighted by molar-refractivity contribution is -0.160. The van der Waals surface area contributed by atoms with Crippen molar-refractivity contribution in [3.8, 4) is 0 Å². The predicted octanol–water partition coefficient (Wildman–Crippen LogP) is -0.0822. The molecule has 3 unspecified atom stereocenters. The SMILES string of the molecule is O=C(O)C1(O)CCN2CCC(C2)C1. The van der Waals surface area contributed by atoms with Gasteiger partial charge in [-0.3, -0.25) is 0 Å². The highest BCUT2D eigenvalue weighted by Crippen LogP contribution is 2.32. The summed E-state index contributed by atoms with van der Waals surface area (Å²) in [7, 11) is 0. The molecule has 4 nitrogen and oxygen atoms in total. The van der Waals surface area contributed by atoms with E-state index in [-0.39, 0.29) is 0 Å². The Labute approximate surface area is 77.2 Å². The molecule has 0 spiro atoms. The molecule has 0 aliphatic carbocycles. The minimum Gasteiger partial charge on any atom is -0.479 e. The monoisotopic (exact) mass is 185 g/mol. The lowest BCUT2D eigenvalue weighted by Crippen LogP contribution is -2.41. The number of nitrogens with zero attached hydrogens (tertiary/aromatic N) is 1. The Morgan fingerprint density at radius 3 is 2.92 bits per heavy atom. The smallest absolute Gasteiger partial charge is 0.335 e. The standard InChI is InChI=1S/C9H15NO3/c11-8(12)9(13)2-4-10-3-1-7(5-9)6-10/h7,13H,1-6H2,(H,11,12). The van der Waals surface area contributed by atoms with E-state index in [1.54, 1.807) is 0 Å². The van der Waals surface area contributed by atoms with Crippen LogP contribution >= 0.6 is 0 Å². The first kappa shape index (κ1) is 8.97. The van der Waals surface area contributed by atoms with Gasteiger partial charge in [-0.15, -0.1) is 0 Å². The Morgan fingerprint density at radius 2 is 2.23 bits per heavy atom. The molecule has 0 aromatic heterocycles. The molecule has 0 aromatic rings. The Hall–Kier alpha value is -0.610. The molecule has 2 N–H and O–H groups in total. The summed E-state index contributed by atoms with van der Waals surface area (Å²) in [5.41, 5.74) is -1.46. The molecular formula is C9H15NO3. The molecule has 4 heteroatoms. The molecule has 0 amide bonds. The molecule has 2 aliphatic rings. The molecular weight excluding hydrogens is 170 g/mol. The average Bonchev–Trinajstić information content (AvgIpc) is 2.39. The van der Waals surface area contributed by atoms with Crippen molar-refractivity contribution >= 4 is 5.97 Å². The van der Waals surface area contributed by atoms with Gasteiger partial charge >= 0.3 is 5.97 Å². The summed E-state index contributed by atoms with van der Waals surface area (Å²) in [4.78, 5) is 13.1. The van der Waals surface area contributed by atoms with Crippen LogP contribution in [-0.2, 0) is 4.79 Å². The third-order valence-electron chi connectivity index (χ3n) is 3.24. The van der Waals surface area contributed by atoms with Crippen LogP contribution in [-0.4, -0.2) is 46.3 Å². The molecule has 74 valence electrons. The Morgan fingerprint density at radius 1 is 1.46 bits per heavy atom. The number of fused-ring (bicyclic) bond motifs is 2. The molecule has 2 aliphatic heterocycles. The number of carboxylic acid groups (broad SMARTS) is 1. The number of hydrogen-bond donors (Lipinski definition) is 2. The van der Waals surface area contributed by atoms with E-state index in [9.17, 15) is 9.90 Å². The Kier molecular flexibility index (Phi) is 2.04. The van der Waals surface area contributed by atoms with Gasteiger partial charge in [0.05, 0.1) is 0 Å². The van der Waals surface area contributed by atoms with E-state index >= 15 is 0 Å². The summed E-state index contributed by atoms with van der Waals surface area (Å²) in [5, 5.41) is 18.7. The number of rotatable bonds is 1. The van der Waals surface area contributed by atoms with Crippen molar-refractivity contribution in [2.24, 2.45) is 5.92 Å². The van der Waals surface area contributed by atoms with E-state index < -0.39 is 11.6 Å². The van der Waals surface area contributed by atoms with Crippen molar-refractivity contribution in [3.05, 3.63) is 0 Å². The van der Waals surface area contributed by atoms with Gasteiger partial charge in [-0.1, -0.05) is 0 Å². The van der Waals surface area contributed by atoms with E-state index in [1.807, 2.05) is 0 Å². The largest absolute Gasteiger partial charge is 0.479 e. The maximum absolute atomic E-state index is 10.8. The van der Waals surface area contributed by atoms with Crippen LogP contribution in [0.15, 0.2) is 0 Å². The minimum absolute atomic E-state index is 0.374. The van der Waals surface area contributed by atoms with Crippen LogP contribution in [0.3, 0.4) is 0 Å². The number of carboxylic acids is 1. The highest BCUT2D eigenvalue weighted by Gasteiger charge is 2.43. The van der Waals surface area contributed by atoms with Crippen molar-refractivity contribution in [2.75, 3.05) is 19.6 Å². The lowest BCUT2D eigenvalue weighted by Gasteiger charge is -2.25. The van der Waals surface area contributed by atoms with Gasteiger partial charge in [0.25, 0.3) is 0 Å². The first-order valence-electron chi connectivity index (χ1n) is 4.78. The second-order valence-electron chi connectivity index (χ2n) is 4.25. The van der Waals surface area contributed by atoms with Gasteiger partial charge in [-0.05, 0) is 31.7 Å². The van der Waals surface area contributed by atoms with Crippen LogP contribution in [0.4, 0.5) is 0 Å². The molecule has 2 fully saturated rings. The van der Waals surface area contributed by atoms with Gasteiger partial charge in [-0.2, -0.15) is 0 Å². The number of carbonyl (C=O) groups is 1. The van der Waals surface area contributed by atoms with Gasteiger partial charge in [0, 0.05) is 13.1 Å². The summed E-state index contributed by atoms with van der Waals surface area (Å²) in [5.74, 6) is -0.676. The summed E-state index contributed by atoms with van der Waals surface area (Å²) in [6.45, 7) is 2.76. The maximum Gasteiger partial charge on any atom is 0.335 e. The first-order valence-corrected chi connectivity index (χ1v) is 4.78. The number of aliphatic hydroxyl groups is 1. The molecule has 2 rings (SSSR count). The third-order valence-corrected chi connectivity index (χ3v) is 3.24. The van der Waals surface area contributed by atoms with Crippen LogP contribution in [0.25, 0.3) is 0 Å². The average molecular weight is 185 g/mol. The fourth-order valence-electron chi connectivity index (χ4n) is 2.40. The summed E-state index contributed by atoms with van der Waals surface area (Å²) < 4.78 is 0. The topological polar surface area (TPSA) is 60.8 Å². The quantitative estimate of drug-likeness (QED) is 0.599. The van der Waals surface area contributed by atoms with Crippen LogP contribution in [0.2, 0.25) is 0 Å². The summed E-state index contributed by atoms with van der Waals surface area (Å²) >= 11 is 0. The highest BCUT2D eigenvalue weighted by molar-refractivity contribution is 5.77. The predicted molar refractivity (Wildman–Crippen MR) is 46.4 cm³/mol. The zero-order chi connectivity index (χ0) is 9.47. The van der Waals surface area contributed by atoms with Crippen molar-refractivity contribution in [3.63, 3.8) is 0 Å². The molecule has 2 saturated heterocycles. The number of hydrogen-bond acceptors (Lipinski definition) is 3. The van der Waals surface area contributed by atoms with Crippen molar-refractivity contribution in [1.82, 2.24) is 4.90 Å². The normalized spacial score (nSPS) is 44.4. The second-order valence-corrected chi connectivity index (χ2v) is 4.25. The van der Waals surface area contributed by atoms with E-state index in [1.165, 1.54) is 0 Å². The summed E-state index contributed by atoms with van der Waals surface area (Å²) in [6, 6.07) is 0. The van der Waals surface area contributed by atoms with E-state index in [0.29, 0.717) is 18.8 Å². The van der Waals surface area contributed by atoms with Gasteiger partial charge in [-0.25, -0.2) is 4.79 Å². The van der Waals surface area contributed by atoms with Gasteiger partial charge in [0.1, 0.15) is 0 Å². The van der Waals surface area contributed by atoms with Crippen LogP contribution in [0.5, 0.6) is 0 Å². The molecule has 0 saturated carbocycles. The fourth-order valence-corrected chi connectivity index (χ4v) is 2.40. The van der Waals surface area contributed by atoms with E-state index in [2.05, 4.69) is 4.90 Å². The van der Waals surface area contributed by atoms with E-state index in [4.69, 9.17) is 5.11 Å². The minimum atomic E-state index is -1.46. The zero-order valence-electron chi connectivity index (χ0n) is 7.57. The molecule has 2 heterocycles. The van der Waals surface area contributed by atoms with Crippen LogP contribution in [0.1, 0.15) is 19.3 Å². The maximum atomic E-state index is 10.8. The van der Waals surface area contributed by atoms with Gasteiger partial charge in [0.15, 0.2) is 5.60 Å². The second kappa shape index (κ2) is 2.96. The van der Waals surface area contributed by atoms with Crippen molar-refractivity contribution in [2.45, 2.75) is 24.9 Å². The lowest BCUT2D eigenvalue weighted by atomic mass is 9.88. The number of aliphatic carboxylic acids is 1. The Balaban J connectivity index is 2.12. The highest BCUT2D eigenvalue weighted by atomic mass is 16.4. The molecule has 3 atom stereocenters. The van der Waals surface area contributed by atoms with Gasteiger partial charge in [0.2, 0.25) is 0 Å². The van der Waals surface area contributed by atoms with Gasteiger partial charge < -0.3 is 15.1 Å². The van der Waals surface area contributed by atoms with Crippen LogP contribution in [0, 0.1) is 5.92 Å². The van der Waals surface area contributed by atoms with Crippen molar-refractivity contribution in [1.29, 1.82) is 0 Å². The van der Waals surface area contributed by atoms with E-state index in [0.717, 1.165) is 26.1 Å². The van der Waals surface area contributed by atoms with Crippen LogP contribution < -0.4 is 0 Å².